The summed E-state index contributed by atoms with van der Waals surface area (Å²) in [5.74, 6) is -0.206. The molecule has 0 aromatic heterocycles. The van der Waals surface area contributed by atoms with Crippen molar-refractivity contribution >= 4 is 34.5 Å². The zero-order valence-electron chi connectivity index (χ0n) is 8.21. The first-order valence-electron chi connectivity index (χ1n) is 4.24. The molecule has 1 aromatic carbocycles. The summed E-state index contributed by atoms with van der Waals surface area (Å²) in [6, 6.07) is 4.06. The molecule has 86 valence electrons. The van der Waals surface area contributed by atoms with Crippen LogP contribution in [0.2, 0.25) is 5.02 Å². The van der Waals surface area contributed by atoms with Gasteiger partial charge in [-0.25, -0.2) is 4.39 Å². The van der Waals surface area contributed by atoms with Gasteiger partial charge in [-0.05, 0) is 23.8 Å². The average molecular weight is 261 g/mol. The fraction of sp³-hybridized carbons (Fsp3) is 0.111. The Bertz CT molecular complexity index is 432. The van der Waals surface area contributed by atoms with Gasteiger partial charge in [0.25, 0.3) is 0 Å². The molecule has 0 fully saturated rings. The summed E-state index contributed by atoms with van der Waals surface area (Å²) in [5, 5.41) is 7.78. The Balaban J connectivity index is 2.64. The summed E-state index contributed by atoms with van der Waals surface area (Å²) < 4.78 is 12.9. The van der Waals surface area contributed by atoms with Crippen LogP contribution in [0.5, 0.6) is 0 Å². The Morgan fingerprint density at radius 3 is 2.81 bits per heavy atom. The lowest BCUT2D eigenvalue weighted by Gasteiger charge is -2.03. The number of rotatable bonds is 2. The molecule has 0 saturated carbocycles. The minimum Gasteiger partial charge on any atom is -0.370 e. The maximum absolute atomic E-state index is 12.9. The van der Waals surface area contributed by atoms with Crippen LogP contribution in [0.3, 0.4) is 0 Å². The minimum atomic E-state index is -0.367. The molecule has 1 rings (SSSR count). The van der Waals surface area contributed by atoms with Crippen LogP contribution in [0.1, 0.15) is 5.56 Å². The van der Waals surface area contributed by atoms with E-state index in [1.54, 1.807) is 0 Å². The lowest BCUT2D eigenvalue weighted by atomic mass is 10.2. The van der Waals surface area contributed by atoms with E-state index < -0.39 is 0 Å². The van der Waals surface area contributed by atoms with Gasteiger partial charge in [-0.15, -0.1) is 0 Å². The van der Waals surface area contributed by atoms with Crippen molar-refractivity contribution in [2.75, 3.05) is 0 Å². The first-order valence-corrected chi connectivity index (χ1v) is 5.60. The van der Waals surface area contributed by atoms with Crippen molar-refractivity contribution < 1.29 is 4.39 Å². The van der Waals surface area contributed by atoms with E-state index in [1.807, 2.05) is 0 Å². The maximum atomic E-state index is 12.9. The Labute approximate surface area is 101 Å². The van der Waals surface area contributed by atoms with Crippen LogP contribution in [0.25, 0.3) is 0 Å². The largest absolute Gasteiger partial charge is 0.370 e. The highest BCUT2D eigenvalue weighted by molar-refractivity contribution is 8.13. The van der Waals surface area contributed by atoms with Gasteiger partial charge in [-0.2, -0.15) is 4.99 Å². The molecule has 0 bridgehead atoms. The topological polar surface area (TPSA) is 88.2 Å². The zero-order chi connectivity index (χ0) is 12.1. The Morgan fingerprint density at radius 1 is 1.50 bits per heavy atom. The number of nitrogens with zero attached hydrogens (tertiary/aromatic N) is 1. The summed E-state index contributed by atoms with van der Waals surface area (Å²) in [7, 11) is 0. The Morgan fingerprint density at radius 2 is 2.19 bits per heavy atom. The van der Waals surface area contributed by atoms with E-state index in [2.05, 4.69) is 4.99 Å². The number of hydrogen-bond donors (Lipinski definition) is 3. The van der Waals surface area contributed by atoms with E-state index in [4.69, 9.17) is 28.5 Å². The van der Waals surface area contributed by atoms with Crippen LogP contribution in [-0.4, -0.2) is 11.1 Å². The smallest absolute Gasteiger partial charge is 0.193 e. The molecule has 1 aromatic rings. The third-order valence-electron chi connectivity index (χ3n) is 1.60. The maximum Gasteiger partial charge on any atom is 0.193 e. The van der Waals surface area contributed by atoms with Gasteiger partial charge >= 0.3 is 0 Å². The normalized spacial score (nSPS) is 9.88. The third-order valence-corrected chi connectivity index (χ3v) is 2.79. The number of amidine groups is 1. The molecule has 0 heterocycles. The molecular formula is C9H10ClFN4S. The van der Waals surface area contributed by atoms with Crippen LogP contribution in [0.15, 0.2) is 23.2 Å². The first-order chi connectivity index (χ1) is 7.49. The molecule has 5 N–H and O–H groups in total. The summed E-state index contributed by atoms with van der Waals surface area (Å²) in [6.45, 7) is 0. The standard InChI is InChI=1S/C9H10ClFN4S/c10-7-2-1-6(11)3-5(7)4-16-9(14)15-8(12)13/h1-3H,4H2,(H5,12,13,14,15). The Kier molecular flexibility index (Phi) is 4.57. The van der Waals surface area contributed by atoms with Gasteiger partial charge in [0.15, 0.2) is 11.1 Å². The minimum absolute atomic E-state index is 0.0414. The highest BCUT2D eigenvalue weighted by Crippen LogP contribution is 2.22. The van der Waals surface area contributed by atoms with Crippen LogP contribution in [0.4, 0.5) is 4.39 Å². The molecular weight excluding hydrogens is 251 g/mol. The van der Waals surface area contributed by atoms with Crippen molar-refractivity contribution in [3.8, 4) is 0 Å². The molecule has 0 aliphatic carbocycles. The molecule has 0 atom stereocenters. The summed E-state index contributed by atoms with van der Waals surface area (Å²) in [4.78, 5) is 3.53. The lowest BCUT2D eigenvalue weighted by molar-refractivity contribution is 0.626. The fourth-order valence-corrected chi connectivity index (χ4v) is 1.91. The molecule has 7 heteroatoms. The van der Waals surface area contributed by atoms with Gasteiger partial charge in [0, 0.05) is 10.8 Å². The van der Waals surface area contributed by atoms with Crippen LogP contribution in [-0.2, 0) is 5.75 Å². The number of thioether (sulfide) groups is 1. The number of aliphatic imine (C=N–C) groups is 1. The van der Waals surface area contributed by atoms with E-state index >= 15 is 0 Å². The van der Waals surface area contributed by atoms with E-state index in [1.165, 1.54) is 18.2 Å². The van der Waals surface area contributed by atoms with Crippen molar-refractivity contribution in [1.82, 2.24) is 0 Å². The zero-order valence-corrected chi connectivity index (χ0v) is 9.78. The molecule has 0 saturated heterocycles. The SMILES string of the molecule is N=C(N=C(N)N)SCc1cc(F)ccc1Cl. The third kappa shape index (κ3) is 4.08. The van der Waals surface area contributed by atoms with E-state index in [0.29, 0.717) is 16.3 Å². The fourth-order valence-electron chi connectivity index (χ4n) is 0.950. The first kappa shape index (κ1) is 12.8. The quantitative estimate of drug-likeness (QED) is 0.561. The molecule has 0 aliphatic rings. The molecule has 0 aliphatic heterocycles. The Hall–Kier alpha value is -1.27. The summed E-state index contributed by atoms with van der Waals surface area (Å²) in [5.41, 5.74) is 10.8. The van der Waals surface area contributed by atoms with Gasteiger partial charge in [0.05, 0.1) is 0 Å². The summed E-state index contributed by atoms with van der Waals surface area (Å²) >= 11 is 6.92. The van der Waals surface area contributed by atoms with Crippen molar-refractivity contribution in [1.29, 1.82) is 5.41 Å². The van der Waals surface area contributed by atoms with Gasteiger partial charge in [-0.3, -0.25) is 5.41 Å². The predicted molar refractivity (Wildman–Crippen MR) is 66.2 cm³/mol. The molecule has 16 heavy (non-hydrogen) atoms. The van der Waals surface area contributed by atoms with E-state index in [-0.39, 0.29) is 16.9 Å². The monoisotopic (exact) mass is 260 g/mol. The summed E-state index contributed by atoms with van der Waals surface area (Å²) in [6.07, 6.45) is 0. The average Bonchev–Trinajstić information content (AvgIpc) is 2.18. The molecule has 0 radical (unpaired) electrons. The highest BCUT2D eigenvalue weighted by Gasteiger charge is 2.04. The van der Waals surface area contributed by atoms with Crippen molar-refractivity contribution in [2.45, 2.75) is 5.75 Å². The highest BCUT2D eigenvalue weighted by atomic mass is 35.5. The molecule has 0 unspecified atom stereocenters. The van der Waals surface area contributed by atoms with Gasteiger partial charge in [0.2, 0.25) is 0 Å². The van der Waals surface area contributed by atoms with Crippen molar-refractivity contribution in [3.63, 3.8) is 0 Å². The second kappa shape index (κ2) is 5.72. The van der Waals surface area contributed by atoms with Gasteiger partial charge < -0.3 is 11.5 Å². The number of hydrogen-bond acceptors (Lipinski definition) is 2. The van der Waals surface area contributed by atoms with E-state index in [0.717, 1.165) is 11.8 Å². The van der Waals surface area contributed by atoms with E-state index in [9.17, 15) is 4.39 Å². The molecule has 4 nitrogen and oxygen atoms in total. The number of halogens is 2. The number of nitrogens with two attached hydrogens (primary N) is 2. The number of nitrogens with one attached hydrogen (secondary N) is 1. The van der Waals surface area contributed by atoms with Crippen LogP contribution < -0.4 is 11.5 Å². The van der Waals surface area contributed by atoms with Gasteiger partial charge in [-0.1, -0.05) is 23.4 Å². The second-order valence-corrected chi connectivity index (χ2v) is 4.24. The molecule has 0 spiro atoms. The number of guanidine groups is 1. The van der Waals surface area contributed by atoms with Gasteiger partial charge in [0.1, 0.15) is 5.82 Å². The lowest BCUT2D eigenvalue weighted by Crippen LogP contribution is -2.23. The van der Waals surface area contributed by atoms with Crippen molar-refractivity contribution in [3.05, 3.63) is 34.6 Å². The number of benzene rings is 1. The second-order valence-electron chi connectivity index (χ2n) is 2.87. The molecule has 0 amide bonds. The van der Waals surface area contributed by atoms with Crippen LogP contribution in [0, 0.1) is 11.2 Å². The predicted octanol–water partition coefficient (Wildman–Crippen LogP) is 1.92. The van der Waals surface area contributed by atoms with Crippen molar-refractivity contribution in [2.24, 2.45) is 16.5 Å². The van der Waals surface area contributed by atoms with Crippen LogP contribution >= 0.6 is 23.4 Å².